The van der Waals surface area contributed by atoms with Gasteiger partial charge in [0.15, 0.2) is 0 Å². The predicted octanol–water partition coefficient (Wildman–Crippen LogP) is 7.84. The van der Waals surface area contributed by atoms with Crippen LogP contribution < -0.4 is 0 Å². The summed E-state index contributed by atoms with van der Waals surface area (Å²) in [5.41, 5.74) is 3.08. The van der Waals surface area contributed by atoms with Crippen LogP contribution in [0.3, 0.4) is 0 Å². The van der Waals surface area contributed by atoms with Crippen LogP contribution in [-0.4, -0.2) is 0 Å². The van der Waals surface area contributed by atoms with E-state index < -0.39 is 11.6 Å². The highest BCUT2D eigenvalue weighted by molar-refractivity contribution is 5.49. The van der Waals surface area contributed by atoms with Gasteiger partial charge in [-0.25, -0.2) is 8.78 Å². The van der Waals surface area contributed by atoms with E-state index in [2.05, 4.69) is 37.5 Å². The molecule has 1 atom stereocenters. The minimum atomic E-state index is -0.545. The molecule has 1 fully saturated rings. The highest BCUT2D eigenvalue weighted by Gasteiger charge is 2.24. The van der Waals surface area contributed by atoms with Gasteiger partial charge in [0.05, 0.1) is 5.56 Å². The first-order valence-corrected chi connectivity index (χ1v) is 12.7. The summed E-state index contributed by atoms with van der Waals surface area (Å²) in [6.07, 6.45) is 10.9. The van der Waals surface area contributed by atoms with Crippen molar-refractivity contribution in [3.8, 4) is 23.7 Å². The van der Waals surface area contributed by atoms with Crippen LogP contribution in [0.2, 0.25) is 0 Å². The SMILES string of the molecule is CCCC1CCc2c(cc(F)c(C#Cc3ccc(C#CC4CCC(CC)CC4)cc3)c2F)C1. The summed E-state index contributed by atoms with van der Waals surface area (Å²) in [4.78, 5) is 0. The van der Waals surface area contributed by atoms with Gasteiger partial charge in [-0.15, -0.1) is 0 Å². The maximum absolute atomic E-state index is 15.1. The predicted molar refractivity (Wildman–Crippen MR) is 132 cm³/mol. The fraction of sp³-hybridized carbons (Fsp3) is 0.484. The Hall–Kier alpha value is -2.58. The first-order chi connectivity index (χ1) is 16.1. The van der Waals surface area contributed by atoms with E-state index in [1.165, 1.54) is 38.2 Å². The molecule has 0 aromatic heterocycles. The van der Waals surface area contributed by atoms with Gasteiger partial charge in [-0.05, 0) is 98.2 Å². The van der Waals surface area contributed by atoms with E-state index in [1.54, 1.807) is 0 Å². The Kier molecular flexibility index (Phi) is 7.88. The van der Waals surface area contributed by atoms with Crippen molar-refractivity contribution in [3.63, 3.8) is 0 Å². The molecule has 1 saturated carbocycles. The number of rotatable bonds is 3. The molecule has 0 N–H and O–H groups in total. The van der Waals surface area contributed by atoms with Crippen molar-refractivity contribution in [1.82, 2.24) is 0 Å². The number of benzene rings is 2. The molecule has 2 heteroatoms. The van der Waals surface area contributed by atoms with E-state index in [4.69, 9.17) is 0 Å². The topological polar surface area (TPSA) is 0 Å². The molecule has 4 rings (SSSR count). The Bertz CT molecular complexity index is 1080. The molecule has 2 aliphatic rings. The third-order valence-electron chi connectivity index (χ3n) is 7.48. The molecule has 0 heterocycles. The van der Waals surface area contributed by atoms with Crippen LogP contribution in [0.15, 0.2) is 30.3 Å². The average Bonchev–Trinajstić information content (AvgIpc) is 2.83. The van der Waals surface area contributed by atoms with Crippen molar-refractivity contribution in [2.24, 2.45) is 17.8 Å². The third kappa shape index (κ3) is 5.86. The van der Waals surface area contributed by atoms with Crippen LogP contribution in [0.25, 0.3) is 0 Å². The van der Waals surface area contributed by atoms with Crippen molar-refractivity contribution in [2.45, 2.75) is 78.1 Å². The Labute approximate surface area is 198 Å². The van der Waals surface area contributed by atoms with E-state index in [-0.39, 0.29) is 5.56 Å². The van der Waals surface area contributed by atoms with Gasteiger partial charge in [0.1, 0.15) is 11.6 Å². The van der Waals surface area contributed by atoms with Gasteiger partial charge in [-0.1, -0.05) is 56.8 Å². The molecule has 0 bridgehead atoms. The number of halogens is 2. The first-order valence-electron chi connectivity index (χ1n) is 12.7. The van der Waals surface area contributed by atoms with Gasteiger partial charge in [0, 0.05) is 17.0 Å². The lowest BCUT2D eigenvalue weighted by Crippen LogP contribution is -2.17. The monoisotopic (exact) mass is 444 g/mol. The summed E-state index contributed by atoms with van der Waals surface area (Å²) in [7, 11) is 0. The average molecular weight is 445 g/mol. The van der Waals surface area contributed by atoms with Gasteiger partial charge >= 0.3 is 0 Å². The zero-order valence-corrected chi connectivity index (χ0v) is 19.9. The molecule has 2 aliphatic carbocycles. The van der Waals surface area contributed by atoms with Gasteiger partial charge in [-0.2, -0.15) is 0 Å². The molecule has 2 aromatic carbocycles. The van der Waals surface area contributed by atoms with Crippen molar-refractivity contribution >= 4 is 0 Å². The molecule has 0 saturated heterocycles. The summed E-state index contributed by atoms with van der Waals surface area (Å²) in [6.45, 7) is 4.44. The van der Waals surface area contributed by atoms with Crippen molar-refractivity contribution in [3.05, 3.63) is 69.8 Å². The van der Waals surface area contributed by atoms with E-state index in [9.17, 15) is 4.39 Å². The fourth-order valence-electron chi connectivity index (χ4n) is 5.36. The largest absolute Gasteiger partial charge is 0.206 e. The second kappa shape index (κ2) is 11.0. The van der Waals surface area contributed by atoms with Crippen LogP contribution >= 0.6 is 0 Å². The molecular formula is C31H34F2. The standard InChI is InChI=1S/C31H34F2/c1-3-5-26-17-18-28-27(20-26)21-30(32)29(31(28)33)19-16-25-14-12-24(13-15-25)11-10-23-8-6-22(4-2)7-9-23/h12-15,21-23,26H,3-9,17-18,20H2,1-2H3. The first kappa shape index (κ1) is 23.6. The van der Waals surface area contributed by atoms with Gasteiger partial charge in [-0.3, -0.25) is 0 Å². The Morgan fingerprint density at radius 2 is 1.55 bits per heavy atom. The molecule has 1 unspecified atom stereocenters. The van der Waals surface area contributed by atoms with Crippen LogP contribution in [0, 0.1) is 53.1 Å². The van der Waals surface area contributed by atoms with E-state index in [1.807, 2.05) is 24.3 Å². The molecule has 0 aliphatic heterocycles. The van der Waals surface area contributed by atoms with Crippen LogP contribution in [0.1, 0.15) is 93.0 Å². The Morgan fingerprint density at radius 3 is 2.21 bits per heavy atom. The van der Waals surface area contributed by atoms with Crippen LogP contribution in [0.5, 0.6) is 0 Å². The molecule has 0 radical (unpaired) electrons. The molecule has 0 nitrogen and oxygen atoms in total. The number of hydrogen-bond acceptors (Lipinski definition) is 0. The van der Waals surface area contributed by atoms with Gasteiger partial charge in [0.25, 0.3) is 0 Å². The summed E-state index contributed by atoms with van der Waals surface area (Å²) in [6, 6.07) is 9.17. The van der Waals surface area contributed by atoms with Gasteiger partial charge < -0.3 is 0 Å². The summed E-state index contributed by atoms with van der Waals surface area (Å²) >= 11 is 0. The molecule has 2 aromatic rings. The lowest BCUT2D eigenvalue weighted by Gasteiger charge is -2.25. The smallest absolute Gasteiger partial charge is 0.145 e. The second-order valence-electron chi connectivity index (χ2n) is 9.81. The summed E-state index contributed by atoms with van der Waals surface area (Å²) in [5, 5.41) is 0. The lowest BCUT2D eigenvalue weighted by atomic mass is 9.81. The normalized spacial score (nSPS) is 21.9. The van der Waals surface area contributed by atoms with E-state index >= 15 is 4.39 Å². The molecule has 33 heavy (non-hydrogen) atoms. The molecule has 0 spiro atoms. The van der Waals surface area contributed by atoms with E-state index in [0.717, 1.165) is 48.3 Å². The van der Waals surface area contributed by atoms with Crippen LogP contribution in [0.4, 0.5) is 8.78 Å². The minimum absolute atomic E-state index is 0.103. The molecule has 0 amide bonds. The van der Waals surface area contributed by atoms with Crippen molar-refractivity contribution < 1.29 is 8.78 Å². The maximum atomic E-state index is 15.1. The highest BCUT2D eigenvalue weighted by Crippen LogP contribution is 2.32. The zero-order valence-electron chi connectivity index (χ0n) is 19.9. The van der Waals surface area contributed by atoms with E-state index in [0.29, 0.717) is 23.8 Å². The van der Waals surface area contributed by atoms with Gasteiger partial charge in [0.2, 0.25) is 0 Å². The molecular weight excluding hydrogens is 410 g/mol. The number of hydrogen-bond donors (Lipinski definition) is 0. The quantitative estimate of drug-likeness (QED) is 0.423. The van der Waals surface area contributed by atoms with Crippen LogP contribution in [-0.2, 0) is 12.8 Å². The second-order valence-corrected chi connectivity index (χ2v) is 9.81. The number of fused-ring (bicyclic) bond motifs is 1. The fourth-order valence-corrected chi connectivity index (χ4v) is 5.36. The lowest BCUT2D eigenvalue weighted by molar-refractivity contribution is 0.309. The summed E-state index contributed by atoms with van der Waals surface area (Å²) < 4.78 is 29.7. The maximum Gasteiger partial charge on any atom is 0.145 e. The van der Waals surface area contributed by atoms with Crippen molar-refractivity contribution in [1.29, 1.82) is 0 Å². The zero-order chi connectivity index (χ0) is 23.2. The molecule has 172 valence electrons. The third-order valence-corrected chi connectivity index (χ3v) is 7.48. The van der Waals surface area contributed by atoms with Crippen molar-refractivity contribution in [2.75, 3.05) is 0 Å². The minimum Gasteiger partial charge on any atom is -0.206 e. The highest BCUT2D eigenvalue weighted by atomic mass is 19.1. The summed E-state index contributed by atoms with van der Waals surface area (Å²) in [5.74, 6) is 13.3. The Balaban J connectivity index is 1.44. The Morgan fingerprint density at radius 1 is 0.848 bits per heavy atom.